The van der Waals surface area contributed by atoms with Crippen LogP contribution in [0.25, 0.3) is 0 Å². The standard InChI is InChI=1S/C12H17BrN2S/c1-15(7-3-6-12(14)16)9-10-4-2-5-11(13)8-10/h2,4-5,8H,3,6-7,9H2,1H3,(H2,14,16). The molecule has 0 unspecified atom stereocenters. The quantitative estimate of drug-likeness (QED) is 0.819. The van der Waals surface area contributed by atoms with Crippen molar-refractivity contribution in [3.63, 3.8) is 0 Å². The van der Waals surface area contributed by atoms with Crippen LogP contribution in [-0.2, 0) is 6.54 Å². The van der Waals surface area contributed by atoms with Gasteiger partial charge in [0.15, 0.2) is 0 Å². The van der Waals surface area contributed by atoms with Gasteiger partial charge in [0.1, 0.15) is 0 Å². The first-order valence-corrected chi connectivity index (χ1v) is 6.49. The van der Waals surface area contributed by atoms with Gasteiger partial charge in [-0.25, -0.2) is 0 Å². The van der Waals surface area contributed by atoms with E-state index >= 15 is 0 Å². The molecular weight excluding hydrogens is 284 g/mol. The molecule has 88 valence electrons. The fourth-order valence-electron chi connectivity index (χ4n) is 1.55. The lowest BCUT2D eigenvalue weighted by atomic mass is 10.2. The summed E-state index contributed by atoms with van der Waals surface area (Å²) in [6.45, 7) is 1.97. The number of halogens is 1. The minimum Gasteiger partial charge on any atom is -0.393 e. The van der Waals surface area contributed by atoms with Gasteiger partial charge in [0.2, 0.25) is 0 Å². The van der Waals surface area contributed by atoms with E-state index in [1.165, 1.54) is 5.56 Å². The molecule has 0 aliphatic carbocycles. The molecule has 1 aromatic rings. The van der Waals surface area contributed by atoms with Crippen molar-refractivity contribution in [1.82, 2.24) is 4.90 Å². The Balaban J connectivity index is 2.33. The van der Waals surface area contributed by atoms with Crippen molar-refractivity contribution in [2.75, 3.05) is 13.6 Å². The molecule has 16 heavy (non-hydrogen) atoms. The van der Waals surface area contributed by atoms with E-state index in [0.717, 1.165) is 30.4 Å². The molecule has 2 nitrogen and oxygen atoms in total. The predicted octanol–water partition coefficient (Wildman–Crippen LogP) is 2.95. The Bertz CT molecular complexity index is 355. The van der Waals surface area contributed by atoms with E-state index in [1.54, 1.807) is 0 Å². The number of rotatable bonds is 6. The summed E-state index contributed by atoms with van der Waals surface area (Å²) < 4.78 is 1.13. The van der Waals surface area contributed by atoms with E-state index in [2.05, 4.69) is 46.1 Å². The lowest BCUT2D eigenvalue weighted by molar-refractivity contribution is 0.324. The van der Waals surface area contributed by atoms with Gasteiger partial charge in [-0.15, -0.1) is 0 Å². The smallest absolute Gasteiger partial charge is 0.0727 e. The summed E-state index contributed by atoms with van der Waals surface area (Å²) in [6.07, 6.45) is 1.86. The van der Waals surface area contributed by atoms with Gasteiger partial charge in [0.05, 0.1) is 4.99 Å². The Morgan fingerprint density at radius 1 is 1.50 bits per heavy atom. The van der Waals surface area contributed by atoms with Crippen molar-refractivity contribution in [3.05, 3.63) is 34.3 Å². The maximum absolute atomic E-state index is 5.46. The molecule has 0 aliphatic rings. The highest BCUT2D eigenvalue weighted by Gasteiger charge is 2.01. The molecule has 0 saturated carbocycles. The topological polar surface area (TPSA) is 29.3 Å². The van der Waals surface area contributed by atoms with Crippen LogP contribution in [0.5, 0.6) is 0 Å². The van der Waals surface area contributed by atoms with Crippen LogP contribution in [0, 0.1) is 0 Å². The first kappa shape index (κ1) is 13.6. The van der Waals surface area contributed by atoms with Crippen molar-refractivity contribution < 1.29 is 0 Å². The van der Waals surface area contributed by atoms with Crippen LogP contribution in [0.1, 0.15) is 18.4 Å². The molecule has 0 radical (unpaired) electrons. The molecule has 0 spiro atoms. The third-order valence-electron chi connectivity index (χ3n) is 2.30. The van der Waals surface area contributed by atoms with Gasteiger partial charge in [-0.2, -0.15) is 0 Å². The molecule has 4 heteroatoms. The average Bonchev–Trinajstić information content (AvgIpc) is 2.16. The lowest BCUT2D eigenvalue weighted by Crippen LogP contribution is -2.20. The first-order chi connectivity index (χ1) is 7.58. The van der Waals surface area contributed by atoms with E-state index in [9.17, 15) is 0 Å². The van der Waals surface area contributed by atoms with E-state index in [-0.39, 0.29) is 0 Å². The van der Waals surface area contributed by atoms with Gasteiger partial charge in [0, 0.05) is 11.0 Å². The average molecular weight is 301 g/mol. The van der Waals surface area contributed by atoms with Crippen molar-refractivity contribution in [2.24, 2.45) is 5.73 Å². The van der Waals surface area contributed by atoms with Crippen LogP contribution in [0.15, 0.2) is 28.7 Å². The SMILES string of the molecule is CN(CCCC(N)=S)Cc1cccc(Br)c1. The molecule has 1 rings (SSSR count). The Labute approximate surface area is 111 Å². The number of nitrogens with zero attached hydrogens (tertiary/aromatic N) is 1. The minimum atomic E-state index is 0.607. The molecule has 0 fully saturated rings. The highest BCUT2D eigenvalue weighted by molar-refractivity contribution is 9.10. The third kappa shape index (κ3) is 5.58. The number of thiocarbonyl (C=S) groups is 1. The monoisotopic (exact) mass is 300 g/mol. The summed E-state index contributed by atoms with van der Waals surface area (Å²) in [5, 5.41) is 0. The van der Waals surface area contributed by atoms with Crippen LogP contribution in [0.3, 0.4) is 0 Å². The second-order valence-corrected chi connectivity index (χ2v) is 5.38. The zero-order valence-electron chi connectivity index (χ0n) is 9.45. The normalized spacial score (nSPS) is 10.7. The van der Waals surface area contributed by atoms with Gasteiger partial charge >= 0.3 is 0 Å². The molecule has 0 saturated heterocycles. The van der Waals surface area contributed by atoms with Crippen LogP contribution < -0.4 is 5.73 Å². The molecule has 0 atom stereocenters. The van der Waals surface area contributed by atoms with E-state index in [4.69, 9.17) is 18.0 Å². The fraction of sp³-hybridized carbons (Fsp3) is 0.417. The number of benzene rings is 1. The third-order valence-corrected chi connectivity index (χ3v) is 3.00. The first-order valence-electron chi connectivity index (χ1n) is 5.29. The maximum atomic E-state index is 5.46. The van der Waals surface area contributed by atoms with E-state index in [1.807, 2.05) is 6.07 Å². The molecule has 1 aromatic carbocycles. The molecule has 2 N–H and O–H groups in total. The Morgan fingerprint density at radius 2 is 2.25 bits per heavy atom. The number of nitrogens with two attached hydrogens (primary N) is 1. The largest absolute Gasteiger partial charge is 0.393 e. The summed E-state index contributed by atoms with van der Waals surface area (Å²) in [5.74, 6) is 0. The number of hydrogen-bond donors (Lipinski definition) is 1. The summed E-state index contributed by atoms with van der Waals surface area (Å²) in [6, 6.07) is 8.37. The molecule has 0 heterocycles. The Morgan fingerprint density at radius 3 is 2.88 bits per heavy atom. The van der Waals surface area contributed by atoms with Crippen molar-refractivity contribution >= 4 is 33.1 Å². The van der Waals surface area contributed by atoms with Crippen LogP contribution in [0.4, 0.5) is 0 Å². The van der Waals surface area contributed by atoms with Crippen LogP contribution >= 0.6 is 28.1 Å². The molecule has 0 bridgehead atoms. The highest BCUT2D eigenvalue weighted by atomic mass is 79.9. The fourth-order valence-corrected chi connectivity index (χ4v) is 2.14. The lowest BCUT2D eigenvalue weighted by Gasteiger charge is -2.16. The van der Waals surface area contributed by atoms with Gasteiger partial charge in [-0.3, -0.25) is 0 Å². The summed E-state index contributed by atoms with van der Waals surface area (Å²) in [5.41, 5.74) is 6.77. The zero-order valence-corrected chi connectivity index (χ0v) is 11.9. The summed E-state index contributed by atoms with van der Waals surface area (Å²) in [4.78, 5) is 2.89. The molecule has 0 aromatic heterocycles. The highest BCUT2D eigenvalue weighted by Crippen LogP contribution is 2.13. The zero-order chi connectivity index (χ0) is 12.0. The van der Waals surface area contributed by atoms with Crippen molar-refractivity contribution in [2.45, 2.75) is 19.4 Å². The van der Waals surface area contributed by atoms with Gasteiger partial charge in [0.25, 0.3) is 0 Å². The van der Waals surface area contributed by atoms with E-state index < -0.39 is 0 Å². The maximum Gasteiger partial charge on any atom is 0.0727 e. The van der Waals surface area contributed by atoms with E-state index in [0.29, 0.717) is 4.99 Å². The predicted molar refractivity (Wildman–Crippen MR) is 76.5 cm³/mol. The van der Waals surface area contributed by atoms with Gasteiger partial charge in [-0.1, -0.05) is 40.3 Å². The van der Waals surface area contributed by atoms with Gasteiger partial charge < -0.3 is 10.6 Å². The van der Waals surface area contributed by atoms with Crippen molar-refractivity contribution in [1.29, 1.82) is 0 Å². The second-order valence-electron chi connectivity index (χ2n) is 3.94. The minimum absolute atomic E-state index is 0.607. The summed E-state index contributed by atoms with van der Waals surface area (Å²) >= 11 is 8.32. The Hall–Kier alpha value is -0.450. The molecular formula is C12H17BrN2S. The number of hydrogen-bond acceptors (Lipinski definition) is 2. The molecule has 0 aliphatic heterocycles. The molecule has 0 amide bonds. The van der Waals surface area contributed by atoms with Gasteiger partial charge in [-0.05, 0) is 44.1 Å². The Kier molecular flexibility index (Phi) is 5.95. The van der Waals surface area contributed by atoms with Crippen LogP contribution in [0.2, 0.25) is 0 Å². The summed E-state index contributed by atoms with van der Waals surface area (Å²) in [7, 11) is 2.11. The van der Waals surface area contributed by atoms with Crippen molar-refractivity contribution in [3.8, 4) is 0 Å². The van der Waals surface area contributed by atoms with Crippen LogP contribution in [-0.4, -0.2) is 23.5 Å². The second kappa shape index (κ2) is 6.99.